The molecule has 0 aromatic heterocycles. The second-order valence-corrected chi connectivity index (χ2v) is 8.85. The van der Waals surface area contributed by atoms with Crippen LogP contribution in [-0.4, -0.2) is 39.5 Å². The first-order valence-corrected chi connectivity index (χ1v) is 11.4. The normalized spacial score (nSPS) is 12.2. The first-order chi connectivity index (χ1) is 12.3. The number of hydrogen-bond donors (Lipinski definition) is 0. The van der Waals surface area contributed by atoms with Gasteiger partial charge in [0.25, 0.3) is 0 Å². The van der Waals surface area contributed by atoms with Gasteiger partial charge in [0.15, 0.2) is 0 Å². The Morgan fingerprint density at radius 3 is 1.62 bits per heavy atom. The van der Waals surface area contributed by atoms with E-state index in [-0.39, 0.29) is 42.6 Å². The van der Waals surface area contributed by atoms with Gasteiger partial charge in [0.05, 0.1) is 49.7 Å². The minimum atomic E-state index is -3.87. The molecule has 0 aliphatic rings. The van der Waals surface area contributed by atoms with E-state index in [1.165, 1.54) is 25.3 Å². The Kier molecular flexibility index (Phi) is 9.17. The number of ether oxygens (including phenoxy) is 1. The molecule has 0 saturated carbocycles. The summed E-state index contributed by atoms with van der Waals surface area (Å²) in [5, 5.41) is 0.00780. The van der Waals surface area contributed by atoms with Crippen LogP contribution in [-0.2, 0) is 32.0 Å². The van der Waals surface area contributed by atoms with Crippen molar-refractivity contribution >= 4 is 31.8 Å². The summed E-state index contributed by atoms with van der Waals surface area (Å²) in [6, 6.07) is 4.06. The van der Waals surface area contributed by atoms with Gasteiger partial charge in [-0.2, -0.15) is 0 Å². The van der Waals surface area contributed by atoms with E-state index in [1.807, 2.05) is 0 Å². The summed E-state index contributed by atoms with van der Waals surface area (Å²) in [7, 11) is -6.44. The van der Waals surface area contributed by atoms with Crippen LogP contribution >= 0.6 is 15.2 Å². The zero-order valence-electron chi connectivity index (χ0n) is 15.7. The molecule has 0 atom stereocenters. The number of carbonyl (C=O) groups excluding carboxylic acids is 1. The molecule has 26 heavy (non-hydrogen) atoms. The van der Waals surface area contributed by atoms with Crippen LogP contribution in [0.5, 0.6) is 0 Å². The van der Waals surface area contributed by atoms with Gasteiger partial charge in [0.1, 0.15) is 0 Å². The summed E-state index contributed by atoms with van der Waals surface area (Å²) in [6.45, 7) is 7.05. The van der Waals surface area contributed by atoms with E-state index < -0.39 is 21.2 Å². The summed E-state index contributed by atoms with van der Waals surface area (Å²) in [5.41, 5.74) is 0.116. The quantitative estimate of drug-likeness (QED) is 0.407. The third-order valence-corrected chi connectivity index (χ3v) is 7.69. The largest absolute Gasteiger partial charge is 0.465 e. The van der Waals surface area contributed by atoms with Gasteiger partial charge in [-0.3, -0.25) is 9.13 Å². The molecular weight excluding hydrogens is 382 g/mol. The van der Waals surface area contributed by atoms with Crippen LogP contribution in [0.25, 0.3) is 0 Å². The molecule has 0 radical (unpaired) electrons. The van der Waals surface area contributed by atoms with Crippen LogP contribution in [0.3, 0.4) is 0 Å². The molecule has 1 aromatic rings. The summed E-state index contributed by atoms with van der Waals surface area (Å²) in [5.74, 6) is -0.639. The van der Waals surface area contributed by atoms with Crippen LogP contribution < -0.4 is 10.6 Å². The highest BCUT2D eigenvalue weighted by atomic mass is 31.2. The fourth-order valence-electron chi connectivity index (χ4n) is 2.25. The molecule has 148 valence electrons. The van der Waals surface area contributed by atoms with Crippen molar-refractivity contribution in [2.45, 2.75) is 27.7 Å². The number of methoxy groups -OCH3 is 1. The first kappa shape index (κ1) is 23.0. The minimum absolute atomic E-state index is 0.0330. The van der Waals surface area contributed by atoms with Crippen molar-refractivity contribution in [2.75, 3.05) is 33.5 Å². The van der Waals surface area contributed by atoms with Crippen LogP contribution in [0.2, 0.25) is 0 Å². The van der Waals surface area contributed by atoms with Crippen LogP contribution in [0.1, 0.15) is 38.1 Å². The summed E-state index contributed by atoms with van der Waals surface area (Å²) in [6.07, 6.45) is 0. The maximum atomic E-state index is 13.3. The molecule has 0 amide bonds. The second kappa shape index (κ2) is 10.4. The Morgan fingerprint density at radius 2 is 1.23 bits per heavy atom. The van der Waals surface area contributed by atoms with Crippen molar-refractivity contribution in [2.24, 2.45) is 0 Å². The fraction of sp³-hybridized carbons (Fsp3) is 0.562. The van der Waals surface area contributed by atoms with E-state index in [2.05, 4.69) is 0 Å². The average Bonchev–Trinajstić information content (AvgIpc) is 2.61. The molecule has 1 aromatic carbocycles. The lowest BCUT2D eigenvalue weighted by Crippen LogP contribution is -2.30. The summed E-state index contributed by atoms with van der Waals surface area (Å²) < 4.78 is 52.7. The minimum Gasteiger partial charge on any atom is -0.465 e. The molecule has 0 bridgehead atoms. The molecule has 0 N–H and O–H groups in total. The zero-order valence-corrected chi connectivity index (χ0v) is 17.5. The van der Waals surface area contributed by atoms with Crippen molar-refractivity contribution < 1.29 is 36.8 Å². The molecule has 10 heteroatoms. The van der Waals surface area contributed by atoms with Gasteiger partial charge in [-0.25, -0.2) is 4.79 Å². The Labute approximate surface area is 154 Å². The molecule has 0 aliphatic carbocycles. The van der Waals surface area contributed by atoms with Gasteiger partial charge >= 0.3 is 21.2 Å². The lowest BCUT2D eigenvalue weighted by atomic mass is 10.2. The topological polar surface area (TPSA) is 97.4 Å². The van der Waals surface area contributed by atoms with Crippen molar-refractivity contribution in [1.29, 1.82) is 0 Å². The van der Waals surface area contributed by atoms with E-state index >= 15 is 0 Å². The molecule has 1 rings (SSSR count). The molecule has 0 heterocycles. The number of benzene rings is 1. The molecule has 0 unspecified atom stereocenters. The van der Waals surface area contributed by atoms with Gasteiger partial charge in [-0.05, 0) is 45.9 Å². The van der Waals surface area contributed by atoms with Gasteiger partial charge in [-0.15, -0.1) is 0 Å². The SMILES string of the molecule is CCOP(=O)(OCC)c1ccc(C(=O)OC)cc1P(=O)(OCC)OCC. The van der Waals surface area contributed by atoms with Crippen molar-refractivity contribution in [3.63, 3.8) is 0 Å². The molecular formula is C16H26O8P2. The van der Waals surface area contributed by atoms with Crippen LogP contribution in [0.4, 0.5) is 0 Å². The Bertz CT molecular complexity index is 683. The third kappa shape index (κ3) is 5.26. The highest BCUT2D eigenvalue weighted by Gasteiger charge is 2.39. The Hall–Kier alpha value is -1.01. The molecule has 0 fully saturated rings. The van der Waals surface area contributed by atoms with Gasteiger partial charge < -0.3 is 22.8 Å². The lowest BCUT2D eigenvalue weighted by Gasteiger charge is -2.24. The number of hydrogen-bond acceptors (Lipinski definition) is 8. The maximum Gasteiger partial charge on any atom is 0.362 e. The number of rotatable bonds is 11. The van der Waals surface area contributed by atoms with E-state index in [1.54, 1.807) is 27.7 Å². The predicted molar refractivity (Wildman–Crippen MR) is 98.8 cm³/mol. The zero-order chi connectivity index (χ0) is 19.8. The Morgan fingerprint density at radius 1 is 0.808 bits per heavy atom. The van der Waals surface area contributed by atoms with Crippen LogP contribution in [0.15, 0.2) is 18.2 Å². The standard InChI is InChI=1S/C16H26O8P2/c1-6-21-25(18,22-7-2)14-11-10-13(16(17)20-5)12-15(14)26(19,23-8-3)24-9-4/h10-12H,6-9H2,1-5H3. The molecule has 0 saturated heterocycles. The second-order valence-electron chi connectivity index (χ2n) is 4.86. The average molecular weight is 408 g/mol. The van der Waals surface area contributed by atoms with E-state index in [9.17, 15) is 13.9 Å². The molecule has 0 spiro atoms. The van der Waals surface area contributed by atoms with Crippen molar-refractivity contribution in [3.05, 3.63) is 23.8 Å². The summed E-state index contributed by atoms with van der Waals surface area (Å²) in [4.78, 5) is 11.9. The van der Waals surface area contributed by atoms with E-state index in [0.29, 0.717) is 0 Å². The summed E-state index contributed by atoms with van der Waals surface area (Å²) >= 11 is 0. The van der Waals surface area contributed by atoms with Crippen LogP contribution in [0, 0.1) is 0 Å². The van der Waals surface area contributed by atoms with Gasteiger partial charge in [-0.1, -0.05) is 0 Å². The highest BCUT2D eigenvalue weighted by Crippen LogP contribution is 2.53. The molecule has 0 aliphatic heterocycles. The fourth-order valence-corrected chi connectivity index (χ4v) is 6.31. The van der Waals surface area contributed by atoms with Crippen molar-refractivity contribution in [3.8, 4) is 0 Å². The first-order valence-electron chi connectivity index (χ1n) is 8.33. The number of carbonyl (C=O) groups is 1. The van der Waals surface area contributed by atoms with Gasteiger partial charge in [0.2, 0.25) is 0 Å². The predicted octanol–water partition coefficient (Wildman–Crippen LogP) is 3.26. The monoisotopic (exact) mass is 408 g/mol. The Balaban J connectivity index is 3.71. The van der Waals surface area contributed by atoms with E-state index in [4.69, 9.17) is 22.8 Å². The molecule has 8 nitrogen and oxygen atoms in total. The van der Waals surface area contributed by atoms with Gasteiger partial charge in [0, 0.05) is 0 Å². The number of esters is 1. The highest BCUT2D eigenvalue weighted by molar-refractivity contribution is 7.68. The maximum absolute atomic E-state index is 13.3. The van der Waals surface area contributed by atoms with E-state index in [0.717, 1.165) is 0 Å². The third-order valence-electron chi connectivity index (χ3n) is 3.18. The smallest absolute Gasteiger partial charge is 0.362 e. The lowest BCUT2D eigenvalue weighted by molar-refractivity contribution is 0.0601. The van der Waals surface area contributed by atoms with Crippen molar-refractivity contribution in [1.82, 2.24) is 0 Å².